The van der Waals surface area contributed by atoms with Crippen molar-refractivity contribution in [2.75, 3.05) is 13.2 Å². The molecule has 2 aliphatic rings. The van der Waals surface area contributed by atoms with Crippen LogP contribution in [-0.2, 0) is 16.8 Å². The van der Waals surface area contributed by atoms with Crippen molar-refractivity contribution in [2.45, 2.75) is 37.7 Å². The molecule has 0 bridgehead atoms. The van der Waals surface area contributed by atoms with Gasteiger partial charge in [0.05, 0.1) is 5.60 Å². The van der Waals surface area contributed by atoms with E-state index in [0.717, 1.165) is 45.3 Å². The molecule has 1 aromatic rings. The van der Waals surface area contributed by atoms with E-state index in [1.54, 1.807) is 0 Å². The maximum absolute atomic E-state index is 11.1. The molecule has 1 heterocycles. The summed E-state index contributed by atoms with van der Waals surface area (Å²) in [5, 5.41) is 11.1. The Balaban J connectivity index is 1.96. The lowest BCUT2D eigenvalue weighted by Gasteiger charge is -2.42. The molecule has 17 heavy (non-hydrogen) atoms. The van der Waals surface area contributed by atoms with E-state index in [1.807, 2.05) is 0 Å². The van der Waals surface area contributed by atoms with Gasteiger partial charge in [0.1, 0.15) is 0 Å². The molecule has 1 aliphatic heterocycles. The van der Waals surface area contributed by atoms with E-state index in [4.69, 9.17) is 4.74 Å². The Kier molecular flexibility index (Phi) is 2.93. The summed E-state index contributed by atoms with van der Waals surface area (Å²) in [4.78, 5) is 0. The van der Waals surface area contributed by atoms with Crippen molar-refractivity contribution in [3.8, 4) is 0 Å². The summed E-state index contributed by atoms with van der Waals surface area (Å²) in [6.45, 7) is 1.60. The molecule has 2 heteroatoms. The zero-order valence-corrected chi connectivity index (χ0v) is 10.2. The van der Waals surface area contributed by atoms with Gasteiger partial charge in [0, 0.05) is 13.2 Å². The highest BCUT2D eigenvalue weighted by atomic mass is 16.5. The van der Waals surface area contributed by atoms with E-state index < -0.39 is 5.60 Å². The van der Waals surface area contributed by atoms with Gasteiger partial charge in [-0.05, 0) is 49.1 Å². The Morgan fingerprint density at radius 2 is 1.94 bits per heavy atom. The zero-order chi connectivity index (χ0) is 11.7. The third kappa shape index (κ3) is 1.90. The second-order valence-electron chi connectivity index (χ2n) is 5.32. The number of rotatable bonds is 1. The van der Waals surface area contributed by atoms with E-state index in [-0.39, 0.29) is 0 Å². The van der Waals surface area contributed by atoms with Gasteiger partial charge in [-0.1, -0.05) is 24.3 Å². The first kappa shape index (κ1) is 11.2. The molecule has 3 rings (SSSR count). The van der Waals surface area contributed by atoms with Crippen LogP contribution < -0.4 is 0 Å². The fourth-order valence-corrected chi connectivity index (χ4v) is 3.44. The van der Waals surface area contributed by atoms with E-state index in [1.165, 1.54) is 11.1 Å². The molecule has 1 unspecified atom stereocenters. The number of benzene rings is 1. The predicted molar refractivity (Wildman–Crippen MR) is 66.8 cm³/mol. The fraction of sp³-hybridized carbons (Fsp3) is 0.600. The Labute approximate surface area is 103 Å². The average molecular weight is 232 g/mol. The number of aryl methyl sites for hydroxylation is 1. The van der Waals surface area contributed by atoms with Crippen LogP contribution >= 0.6 is 0 Å². The van der Waals surface area contributed by atoms with E-state index in [2.05, 4.69) is 24.3 Å². The molecular weight excluding hydrogens is 212 g/mol. The van der Waals surface area contributed by atoms with Crippen molar-refractivity contribution < 1.29 is 9.84 Å². The first-order valence-electron chi connectivity index (χ1n) is 6.69. The van der Waals surface area contributed by atoms with Crippen LogP contribution in [0.15, 0.2) is 24.3 Å². The van der Waals surface area contributed by atoms with Crippen LogP contribution in [-0.4, -0.2) is 18.3 Å². The Hall–Kier alpha value is -0.860. The smallest absolute Gasteiger partial charge is 0.0929 e. The summed E-state index contributed by atoms with van der Waals surface area (Å²) < 4.78 is 5.41. The third-order valence-electron chi connectivity index (χ3n) is 4.38. The van der Waals surface area contributed by atoms with Crippen molar-refractivity contribution in [3.63, 3.8) is 0 Å². The summed E-state index contributed by atoms with van der Waals surface area (Å²) in [6.07, 6.45) is 5.11. The normalized spacial score (nSPS) is 29.9. The van der Waals surface area contributed by atoms with Crippen LogP contribution in [0, 0.1) is 5.92 Å². The van der Waals surface area contributed by atoms with Gasteiger partial charge in [0.25, 0.3) is 0 Å². The lowest BCUT2D eigenvalue weighted by molar-refractivity contribution is -0.0808. The SMILES string of the molecule is OC1(C2CCOCC2)CCCc2ccccc21. The molecular formula is C15H20O2. The molecule has 2 nitrogen and oxygen atoms in total. The van der Waals surface area contributed by atoms with Crippen molar-refractivity contribution >= 4 is 0 Å². The minimum atomic E-state index is -0.599. The topological polar surface area (TPSA) is 29.5 Å². The van der Waals surface area contributed by atoms with Crippen LogP contribution in [0.5, 0.6) is 0 Å². The number of ether oxygens (including phenoxy) is 1. The summed E-state index contributed by atoms with van der Waals surface area (Å²) >= 11 is 0. The minimum Gasteiger partial charge on any atom is -0.385 e. The minimum absolute atomic E-state index is 0.373. The Bertz CT molecular complexity index is 396. The monoisotopic (exact) mass is 232 g/mol. The molecule has 1 aliphatic carbocycles. The maximum Gasteiger partial charge on any atom is 0.0929 e. The van der Waals surface area contributed by atoms with Crippen molar-refractivity contribution in [2.24, 2.45) is 5.92 Å². The first-order chi connectivity index (χ1) is 8.31. The van der Waals surface area contributed by atoms with Crippen molar-refractivity contribution in [3.05, 3.63) is 35.4 Å². The molecule has 0 radical (unpaired) electrons. The second-order valence-corrected chi connectivity index (χ2v) is 5.32. The molecule has 1 aromatic carbocycles. The summed E-state index contributed by atoms with van der Waals surface area (Å²) in [5.74, 6) is 0.373. The Morgan fingerprint density at radius 3 is 2.76 bits per heavy atom. The number of hydrogen-bond donors (Lipinski definition) is 1. The summed E-state index contributed by atoms with van der Waals surface area (Å²) in [6, 6.07) is 8.41. The van der Waals surface area contributed by atoms with Crippen LogP contribution in [0.25, 0.3) is 0 Å². The molecule has 1 atom stereocenters. The fourth-order valence-electron chi connectivity index (χ4n) is 3.44. The van der Waals surface area contributed by atoms with Crippen LogP contribution in [0.3, 0.4) is 0 Å². The molecule has 0 amide bonds. The van der Waals surface area contributed by atoms with E-state index in [0.29, 0.717) is 5.92 Å². The van der Waals surface area contributed by atoms with E-state index in [9.17, 15) is 5.11 Å². The van der Waals surface area contributed by atoms with Gasteiger partial charge < -0.3 is 9.84 Å². The highest BCUT2D eigenvalue weighted by molar-refractivity contribution is 5.35. The van der Waals surface area contributed by atoms with Crippen LogP contribution in [0.2, 0.25) is 0 Å². The van der Waals surface area contributed by atoms with Gasteiger partial charge >= 0.3 is 0 Å². The predicted octanol–water partition coefficient (Wildman–Crippen LogP) is 2.64. The van der Waals surface area contributed by atoms with Gasteiger partial charge in [-0.25, -0.2) is 0 Å². The highest BCUT2D eigenvalue weighted by Gasteiger charge is 2.41. The largest absolute Gasteiger partial charge is 0.385 e. The Morgan fingerprint density at radius 1 is 1.18 bits per heavy atom. The summed E-state index contributed by atoms with van der Waals surface area (Å²) in [5.41, 5.74) is 1.92. The number of aliphatic hydroxyl groups is 1. The van der Waals surface area contributed by atoms with E-state index >= 15 is 0 Å². The second kappa shape index (κ2) is 4.43. The molecule has 0 spiro atoms. The molecule has 1 fully saturated rings. The first-order valence-corrected chi connectivity index (χ1v) is 6.69. The van der Waals surface area contributed by atoms with Crippen LogP contribution in [0.4, 0.5) is 0 Å². The highest BCUT2D eigenvalue weighted by Crippen LogP contribution is 2.44. The lowest BCUT2D eigenvalue weighted by Crippen LogP contribution is -2.41. The maximum atomic E-state index is 11.1. The molecule has 0 aromatic heterocycles. The zero-order valence-electron chi connectivity index (χ0n) is 10.2. The molecule has 92 valence electrons. The summed E-state index contributed by atoms with van der Waals surface area (Å²) in [7, 11) is 0. The van der Waals surface area contributed by atoms with Crippen molar-refractivity contribution in [1.82, 2.24) is 0 Å². The third-order valence-corrected chi connectivity index (χ3v) is 4.38. The standard InChI is InChI=1S/C15H20O2/c16-15(13-7-10-17-11-8-13)9-3-5-12-4-1-2-6-14(12)15/h1-2,4,6,13,16H,3,5,7-11H2. The molecule has 1 saturated heterocycles. The van der Waals surface area contributed by atoms with Crippen LogP contribution in [0.1, 0.15) is 36.8 Å². The molecule has 0 saturated carbocycles. The van der Waals surface area contributed by atoms with Gasteiger partial charge in [0.2, 0.25) is 0 Å². The molecule has 1 N–H and O–H groups in total. The van der Waals surface area contributed by atoms with Gasteiger partial charge in [-0.3, -0.25) is 0 Å². The number of fused-ring (bicyclic) bond motifs is 1. The van der Waals surface area contributed by atoms with Gasteiger partial charge in [-0.2, -0.15) is 0 Å². The van der Waals surface area contributed by atoms with Crippen molar-refractivity contribution in [1.29, 1.82) is 0 Å². The van der Waals surface area contributed by atoms with Gasteiger partial charge in [-0.15, -0.1) is 0 Å². The van der Waals surface area contributed by atoms with Gasteiger partial charge in [0.15, 0.2) is 0 Å². The number of hydrogen-bond acceptors (Lipinski definition) is 2. The average Bonchev–Trinajstić information content (AvgIpc) is 2.40. The lowest BCUT2D eigenvalue weighted by atomic mass is 9.69. The quantitative estimate of drug-likeness (QED) is 0.806.